The van der Waals surface area contributed by atoms with Crippen LogP contribution in [0, 0.1) is 23.7 Å². The Labute approximate surface area is 153 Å². The summed E-state index contributed by atoms with van der Waals surface area (Å²) in [5.74, 6) is 0.145. The topological polar surface area (TPSA) is 68.1 Å². The van der Waals surface area contributed by atoms with E-state index < -0.39 is 12.0 Å². The maximum atomic E-state index is 12.2. The first-order valence-electron chi connectivity index (χ1n) is 9.71. The van der Waals surface area contributed by atoms with Crippen molar-refractivity contribution >= 4 is 11.7 Å². The van der Waals surface area contributed by atoms with Gasteiger partial charge in [0.25, 0.3) is 0 Å². The zero-order chi connectivity index (χ0) is 19.0. The lowest BCUT2D eigenvalue weighted by molar-refractivity contribution is -0.153. The van der Waals surface area contributed by atoms with Gasteiger partial charge in [-0.25, -0.2) is 0 Å². The predicted molar refractivity (Wildman–Crippen MR) is 101 cm³/mol. The average Bonchev–Trinajstić information content (AvgIpc) is 2.58. The van der Waals surface area contributed by atoms with Crippen LogP contribution in [0.5, 0.6) is 0 Å². The van der Waals surface area contributed by atoms with E-state index in [1.807, 2.05) is 0 Å². The lowest BCUT2D eigenvalue weighted by Gasteiger charge is -2.28. The molecule has 1 rings (SSSR count). The van der Waals surface area contributed by atoms with Crippen molar-refractivity contribution in [3.8, 4) is 0 Å². The van der Waals surface area contributed by atoms with Crippen molar-refractivity contribution in [1.82, 2.24) is 0 Å². The molecule has 0 radical (unpaired) electrons. The van der Waals surface area contributed by atoms with Crippen LogP contribution >= 0.6 is 0 Å². The molecule has 3 unspecified atom stereocenters. The van der Waals surface area contributed by atoms with Gasteiger partial charge < -0.3 is 14.6 Å². The quantitative estimate of drug-likeness (QED) is 0.770. The molecule has 0 saturated carbocycles. The van der Waals surface area contributed by atoms with Crippen LogP contribution in [0.1, 0.15) is 60.3 Å². The number of carbonyl (C=O) groups is 1. The van der Waals surface area contributed by atoms with E-state index in [0.29, 0.717) is 24.9 Å². The molecular weight excluding hydrogens is 318 g/mol. The van der Waals surface area contributed by atoms with Crippen molar-refractivity contribution < 1.29 is 19.4 Å². The maximum absolute atomic E-state index is 12.2. The van der Waals surface area contributed by atoms with Crippen molar-refractivity contribution in [2.75, 3.05) is 20.3 Å². The predicted octanol–water partition coefficient (Wildman–Crippen LogP) is 3.48. The van der Waals surface area contributed by atoms with Crippen molar-refractivity contribution in [2.24, 2.45) is 28.7 Å². The third kappa shape index (κ3) is 7.06. The van der Waals surface area contributed by atoms with Gasteiger partial charge in [-0.05, 0) is 57.3 Å². The molecule has 0 aromatic heterocycles. The van der Waals surface area contributed by atoms with Crippen LogP contribution < -0.4 is 0 Å². The summed E-state index contributed by atoms with van der Waals surface area (Å²) < 4.78 is 11.1. The van der Waals surface area contributed by atoms with Crippen LogP contribution in [0.15, 0.2) is 4.99 Å². The van der Waals surface area contributed by atoms with E-state index in [-0.39, 0.29) is 18.0 Å². The number of esters is 1. The second kappa shape index (κ2) is 10.9. The average molecular weight is 356 g/mol. The molecular formula is C20H37NO4. The van der Waals surface area contributed by atoms with Gasteiger partial charge in [0.15, 0.2) is 0 Å². The monoisotopic (exact) mass is 355 g/mol. The van der Waals surface area contributed by atoms with Gasteiger partial charge >= 0.3 is 5.97 Å². The van der Waals surface area contributed by atoms with Gasteiger partial charge in [-0.3, -0.25) is 9.79 Å². The molecule has 6 atom stereocenters. The second-order valence-electron chi connectivity index (χ2n) is 7.70. The van der Waals surface area contributed by atoms with E-state index in [0.717, 1.165) is 25.8 Å². The summed E-state index contributed by atoms with van der Waals surface area (Å²) in [7, 11) is 1.72. The highest BCUT2D eigenvalue weighted by molar-refractivity contribution is 5.88. The number of carbonyl (C=O) groups excluding carboxylic acids is 1. The van der Waals surface area contributed by atoms with Gasteiger partial charge in [0, 0.05) is 19.4 Å². The molecule has 0 spiro atoms. The van der Waals surface area contributed by atoms with Gasteiger partial charge in [-0.1, -0.05) is 20.8 Å². The Hall–Kier alpha value is -0.940. The summed E-state index contributed by atoms with van der Waals surface area (Å²) in [6.07, 6.45) is 2.45. The molecule has 0 aromatic carbocycles. The molecule has 5 nitrogen and oxygen atoms in total. The SMILES string of the molecule is CCN=C1C(C)C[C@@H](C)COC(=O)C(C)[C@@H](O)CCC(OC)C[C@H]1C. The van der Waals surface area contributed by atoms with Gasteiger partial charge in [0.1, 0.15) is 0 Å². The number of rotatable bonds is 2. The summed E-state index contributed by atoms with van der Waals surface area (Å²) in [5.41, 5.74) is 1.23. The molecule has 0 amide bonds. The van der Waals surface area contributed by atoms with Crippen molar-refractivity contribution in [1.29, 1.82) is 0 Å². The third-order valence-electron chi connectivity index (χ3n) is 5.30. The van der Waals surface area contributed by atoms with Crippen LogP contribution in [0.25, 0.3) is 0 Å². The lowest BCUT2D eigenvalue weighted by Crippen LogP contribution is -2.32. The number of hydrogen-bond donors (Lipinski definition) is 1. The summed E-state index contributed by atoms with van der Waals surface area (Å²) >= 11 is 0. The van der Waals surface area contributed by atoms with E-state index in [1.165, 1.54) is 5.71 Å². The molecule has 1 aliphatic heterocycles. The van der Waals surface area contributed by atoms with Crippen LogP contribution in [-0.4, -0.2) is 49.3 Å². The highest BCUT2D eigenvalue weighted by atomic mass is 16.5. The molecule has 0 aliphatic carbocycles. The fourth-order valence-corrected chi connectivity index (χ4v) is 3.74. The van der Waals surface area contributed by atoms with E-state index in [4.69, 9.17) is 14.5 Å². The number of aliphatic hydroxyl groups is 1. The Bertz CT molecular complexity index is 437. The maximum Gasteiger partial charge on any atom is 0.311 e. The number of aliphatic hydroxyl groups excluding tert-OH is 1. The molecule has 1 saturated heterocycles. The first-order chi connectivity index (χ1) is 11.8. The molecule has 1 fully saturated rings. The van der Waals surface area contributed by atoms with Crippen LogP contribution in [0.2, 0.25) is 0 Å². The van der Waals surface area contributed by atoms with Crippen LogP contribution in [0.3, 0.4) is 0 Å². The Morgan fingerprint density at radius 3 is 2.40 bits per heavy atom. The van der Waals surface area contributed by atoms with Crippen LogP contribution in [0.4, 0.5) is 0 Å². The highest BCUT2D eigenvalue weighted by Gasteiger charge is 2.28. The number of ether oxygens (including phenoxy) is 2. The molecule has 0 aromatic rings. The first kappa shape index (κ1) is 22.1. The van der Waals surface area contributed by atoms with Crippen molar-refractivity contribution in [2.45, 2.75) is 72.5 Å². The smallest absolute Gasteiger partial charge is 0.311 e. The van der Waals surface area contributed by atoms with E-state index >= 15 is 0 Å². The normalized spacial score (nSPS) is 38.2. The number of methoxy groups -OCH3 is 1. The van der Waals surface area contributed by atoms with Crippen molar-refractivity contribution in [3.63, 3.8) is 0 Å². The standard InChI is InChI=1S/C20H37NO4/c1-7-21-19-14(3)10-13(2)12-25-20(23)16(5)18(22)9-8-17(24-6)11-15(19)4/h13-18,22H,7-12H2,1-6H3/t13-,14?,15-,16?,17?,18+/m1/s1. The number of aliphatic imine (C=N–C) groups is 1. The lowest BCUT2D eigenvalue weighted by atomic mass is 9.84. The zero-order valence-corrected chi connectivity index (χ0v) is 16.8. The number of nitrogens with zero attached hydrogens (tertiary/aromatic N) is 1. The van der Waals surface area contributed by atoms with Gasteiger partial charge in [0.2, 0.25) is 0 Å². The van der Waals surface area contributed by atoms with E-state index in [1.54, 1.807) is 14.0 Å². The number of cyclic esters (lactones) is 1. The Morgan fingerprint density at radius 1 is 1.16 bits per heavy atom. The molecule has 1 aliphatic rings. The summed E-state index contributed by atoms with van der Waals surface area (Å²) in [5, 5.41) is 10.3. The minimum Gasteiger partial charge on any atom is -0.465 e. The summed E-state index contributed by atoms with van der Waals surface area (Å²) in [4.78, 5) is 16.9. The first-order valence-corrected chi connectivity index (χ1v) is 9.71. The Morgan fingerprint density at radius 2 is 1.80 bits per heavy atom. The summed E-state index contributed by atoms with van der Waals surface area (Å²) in [6, 6.07) is 0. The largest absolute Gasteiger partial charge is 0.465 e. The molecule has 25 heavy (non-hydrogen) atoms. The minimum atomic E-state index is -0.693. The minimum absolute atomic E-state index is 0.0579. The fourth-order valence-electron chi connectivity index (χ4n) is 3.74. The van der Waals surface area contributed by atoms with E-state index in [9.17, 15) is 9.90 Å². The highest BCUT2D eigenvalue weighted by Crippen LogP contribution is 2.25. The van der Waals surface area contributed by atoms with Gasteiger partial charge in [-0.2, -0.15) is 0 Å². The van der Waals surface area contributed by atoms with E-state index in [2.05, 4.69) is 27.7 Å². The molecule has 1 N–H and O–H groups in total. The number of hydrogen-bond acceptors (Lipinski definition) is 5. The summed E-state index contributed by atoms with van der Waals surface area (Å²) in [6.45, 7) is 11.5. The molecule has 1 heterocycles. The molecule has 146 valence electrons. The van der Waals surface area contributed by atoms with Crippen LogP contribution in [-0.2, 0) is 14.3 Å². The molecule has 5 heteroatoms. The third-order valence-corrected chi connectivity index (χ3v) is 5.30. The zero-order valence-electron chi connectivity index (χ0n) is 16.8. The Kier molecular flexibility index (Phi) is 9.65. The second-order valence-corrected chi connectivity index (χ2v) is 7.70. The van der Waals surface area contributed by atoms with Gasteiger partial charge in [0.05, 0.1) is 24.7 Å². The van der Waals surface area contributed by atoms with Gasteiger partial charge in [-0.15, -0.1) is 0 Å². The fraction of sp³-hybridized carbons (Fsp3) is 0.900. The molecule has 0 bridgehead atoms. The Balaban J connectivity index is 2.97. The van der Waals surface area contributed by atoms with Crippen molar-refractivity contribution in [3.05, 3.63) is 0 Å².